The smallest absolute Gasteiger partial charge is 0.157 e. The largest absolute Gasteiger partial charge is 0.482 e. The lowest BCUT2D eigenvalue weighted by molar-refractivity contribution is 0.144. The van der Waals surface area contributed by atoms with E-state index in [9.17, 15) is 4.39 Å². The van der Waals surface area contributed by atoms with Gasteiger partial charge in [-0.2, -0.15) is 0 Å². The van der Waals surface area contributed by atoms with Crippen molar-refractivity contribution < 1.29 is 9.13 Å². The van der Waals surface area contributed by atoms with E-state index in [1.54, 1.807) is 12.4 Å². The zero-order valence-corrected chi connectivity index (χ0v) is 14.3. The number of aromatic nitrogens is 1. The topological polar surface area (TPSA) is 34.1 Å². The molecule has 3 nitrogen and oxygen atoms in total. The first-order chi connectivity index (χ1) is 11.0. The minimum absolute atomic E-state index is 0.140. The molecule has 2 aromatic rings. The Bertz CT molecular complexity index is 684. The lowest BCUT2D eigenvalue weighted by Crippen LogP contribution is -2.22. The molecule has 0 spiro atoms. The number of hydrogen-bond donors (Lipinski definition) is 1. The van der Waals surface area contributed by atoms with Crippen LogP contribution in [0.25, 0.3) is 0 Å². The van der Waals surface area contributed by atoms with Gasteiger partial charge in [-0.3, -0.25) is 4.98 Å². The van der Waals surface area contributed by atoms with E-state index in [4.69, 9.17) is 39.5 Å². The second-order valence-corrected chi connectivity index (χ2v) is 6.68. The van der Waals surface area contributed by atoms with Gasteiger partial charge in [0, 0.05) is 30.4 Å². The van der Waals surface area contributed by atoms with Crippen molar-refractivity contribution in [3.8, 4) is 5.75 Å². The van der Waals surface area contributed by atoms with Gasteiger partial charge in [-0.25, -0.2) is 4.39 Å². The van der Waals surface area contributed by atoms with E-state index in [0.29, 0.717) is 5.02 Å². The van der Waals surface area contributed by atoms with E-state index in [2.05, 4.69) is 10.3 Å². The molecule has 0 amide bonds. The van der Waals surface area contributed by atoms with Gasteiger partial charge in [-0.1, -0.05) is 34.8 Å². The maximum atomic E-state index is 13.4. The van der Waals surface area contributed by atoms with Crippen LogP contribution in [-0.4, -0.2) is 18.1 Å². The van der Waals surface area contributed by atoms with Crippen LogP contribution in [0.4, 0.5) is 4.39 Å². The Morgan fingerprint density at radius 1 is 1.17 bits per heavy atom. The first-order valence-electron chi connectivity index (χ1n) is 7.17. The van der Waals surface area contributed by atoms with E-state index in [0.717, 1.165) is 25.1 Å². The number of pyridine rings is 1. The molecular weight excluding hydrogens is 362 g/mol. The molecule has 0 radical (unpaired) electrons. The molecule has 3 rings (SSSR count). The Balaban J connectivity index is 1.96. The van der Waals surface area contributed by atoms with Crippen molar-refractivity contribution in [2.24, 2.45) is 5.92 Å². The molecule has 0 saturated carbocycles. The van der Waals surface area contributed by atoms with Gasteiger partial charge in [0.05, 0.1) is 15.1 Å². The molecule has 1 aromatic carbocycles. The number of halogens is 4. The van der Waals surface area contributed by atoms with Gasteiger partial charge < -0.3 is 10.1 Å². The van der Waals surface area contributed by atoms with Crippen LogP contribution in [0.3, 0.4) is 0 Å². The third kappa shape index (κ3) is 3.89. The maximum absolute atomic E-state index is 13.4. The van der Waals surface area contributed by atoms with Crippen LogP contribution >= 0.6 is 34.8 Å². The number of benzene rings is 1. The molecular formula is C16H14Cl3FN2O. The van der Waals surface area contributed by atoms with Crippen molar-refractivity contribution in [1.29, 1.82) is 0 Å². The maximum Gasteiger partial charge on any atom is 0.157 e. The Hall–Kier alpha value is -1.07. The monoisotopic (exact) mass is 374 g/mol. The molecule has 7 heteroatoms. The summed E-state index contributed by atoms with van der Waals surface area (Å²) in [6, 6.07) is 4.18. The molecule has 0 aliphatic carbocycles. The number of hydrogen-bond acceptors (Lipinski definition) is 3. The molecule has 1 N–H and O–H groups in total. The van der Waals surface area contributed by atoms with Crippen molar-refractivity contribution in [1.82, 2.24) is 10.3 Å². The van der Waals surface area contributed by atoms with Gasteiger partial charge in [0.15, 0.2) is 5.75 Å². The molecule has 0 bridgehead atoms. The highest BCUT2D eigenvalue weighted by Gasteiger charge is 2.30. The highest BCUT2D eigenvalue weighted by molar-refractivity contribution is 6.37. The highest BCUT2D eigenvalue weighted by Crippen LogP contribution is 2.40. The van der Waals surface area contributed by atoms with E-state index in [1.807, 2.05) is 6.07 Å². The van der Waals surface area contributed by atoms with E-state index in [1.165, 1.54) is 12.1 Å². The lowest BCUT2D eigenvalue weighted by Gasteiger charge is -2.25. The van der Waals surface area contributed by atoms with Crippen LogP contribution in [0.1, 0.15) is 18.1 Å². The number of ether oxygens (including phenoxy) is 1. The summed E-state index contributed by atoms with van der Waals surface area (Å²) in [7, 11) is 0. The minimum atomic E-state index is -0.504. The fourth-order valence-corrected chi connectivity index (χ4v) is 3.46. The normalized spacial score (nSPS) is 18.9. The predicted octanol–water partition coefficient (Wildman–Crippen LogP) is 4.91. The van der Waals surface area contributed by atoms with Crippen molar-refractivity contribution in [3.63, 3.8) is 0 Å². The lowest BCUT2D eigenvalue weighted by atomic mass is 9.96. The fraction of sp³-hybridized carbons (Fsp3) is 0.312. The van der Waals surface area contributed by atoms with Crippen LogP contribution in [0, 0.1) is 11.7 Å². The summed E-state index contributed by atoms with van der Waals surface area (Å²) in [6.07, 6.45) is 3.89. The molecule has 23 heavy (non-hydrogen) atoms. The van der Waals surface area contributed by atoms with Crippen LogP contribution in [0.2, 0.25) is 15.1 Å². The van der Waals surface area contributed by atoms with Gasteiger partial charge >= 0.3 is 0 Å². The van der Waals surface area contributed by atoms with Gasteiger partial charge in [-0.15, -0.1) is 0 Å². The fourth-order valence-electron chi connectivity index (χ4n) is 2.72. The number of rotatable bonds is 4. The zero-order chi connectivity index (χ0) is 16.4. The molecule has 1 fully saturated rings. The third-order valence-electron chi connectivity index (χ3n) is 3.79. The Morgan fingerprint density at radius 3 is 2.52 bits per heavy atom. The zero-order valence-electron chi connectivity index (χ0n) is 12.0. The SMILES string of the molecule is Fc1cc(Cl)c(OC(c2cncc(Cl)c2)[C@H]2CCNC2)c(Cl)c1. The van der Waals surface area contributed by atoms with Crippen LogP contribution < -0.4 is 10.1 Å². The van der Waals surface area contributed by atoms with Crippen LogP contribution in [0.5, 0.6) is 5.75 Å². The summed E-state index contributed by atoms with van der Waals surface area (Å²) >= 11 is 18.2. The van der Waals surface area contributed by atoms with Gasteiger partial charge in [0.1, 0.15) is 11.9 Å². The molecule has 1 aromatic heterocycles. The van der Waals surface area contributed by atoms with E-state index in [-0.39, 0.29) is 27.8 Å². The average molecular weight is 376 g/mol. The molecule has 2 heterocycles. The quantitative estimate of drug-likeness (QED) is 0.824. The first-order valence-corrected chi connectivity index (χ1v) is 8.30. The van der Waals surface area contributed by atoms with E-state index >= 15 is 0 Å². The van der Waals surface area contributed by atoms with Crippen LogP contribution in [-0.2, 0) is 0 Å². The van der Waals surface area contributed by atoms with Crippen LogP contribution in [0.15, 0.2) is 30.6 Å². The molecule has 1 aliphatic heterocycles. The molecule has 2 atom stereocenters. The summed E-state index contributed by atoms with van der Waals surface area (Å²) in [5.74, 6) is -0.0186. The second kappa shape index (κ2) is 7.22. The first kappa shape index (κ1) is 16.8. The summed E-state index contributed by atoms with van der Waals surface area (Å²) in [5.41, 5.74) is 0.836. The van der Waals surface area contributed by atoms with Gasteiger partial charge in [-0.05, 0) is 31.2 Å². The Kier molecular flexibility index (Phi) is 5.27. The number of nitrogens with one attached hydrogen (secondary N) is 1. The molecule has 122 valence electrons. The van der Waals surface area contributed by atoms with Gasteiger partial charge in [0.2, 0.25) is 0 Å². The van der Waals surface area contributed by atoms with Crippen molar-refractivity contribution in [3.05, 3.63) is 57.0 Å². The Morgan fingerprint density at radius 2 is 1.91 bits per heavy atom. The van der Waals surface area contributed by atoms with Crippen molar-refractivity contribution >= 4 is 34.8 Å². The molecule has 1 unspecified atom stereocenters. The minimum Gasteiger partial charge on any atom is -0.482 e. The van der Waals surface area contributed by atoms with E-state index < -0.39 is 5.82 Å². The Labute approximate surface area is 148 Å². The second-order valence-electron chi connectivity index (χ2n) is 5.43. The summed E-state index contributed by atoms with van der Waals surface area (Å²) in [5, 5.41) is 4.11. The van der Waals surface area contributed by atoms with Crippen molar-refractivity contribution in [2.75, 3.05) is 13.1 Å². The summed E-state index contributed by atoms with van der Waals surface area (Å²) < 4.78 is 19.4. The third-order valence-corrected chi connectivity index (χ3v) is 4.56. The molecule has 1 saturated heterocycles. The van der Waals surface area contributed by atoms with Crippen molar-refractivity contribution in [2.45, 2.75) is 12.5 Å². The highest BCUT2D eigenvalue weighted by atomic mass is 35.5. The summed E-state index contributed by atoms with van der Waals surface area (Å²) in [4.78, 5) is 4.12. The summed E-state index contributed by atoms with van der Waals surface area (Å²) in [6.45, 7) is 1.71. The predicted molar refractivity (Wildman–Crippen MR) is 90.0 cm³/mol. The standard InChI is InChI=1S/C16H14Cl3FN2O/c17-11-3-10(7-22-8-11)15(9-1-2-21-6-9)23-16-13(18)4-12(20)5-14(16)19/h3-5,7-9,15,21H,1-2,6H2/t9-,15?/m0/s1. The number of nitrogens with zero attached hydrogens (tertiary/aromatic N) is 1. The average Bonchev–Trinajstić information content (AvgIpc) is 3.00. The van der Waals surface area contributed by atoms with Gasteiger partial charge in [0.25, 0.3) is 0 Å². The molecule has 1 aliphatic rings.